The quantitative estimate of drug-likeness (QED) is 0.0478. The van der Waals surface area contributed by atoms with E-state index in [1.807, 2.05) is 25.7 Å². The second-order valence-electron chi connectivity index (χ2n) is 10.3. The van der Waals surface area contributed by atoms with Gasteiger partial charge in [-0.1, -0.05) is 53.4 Å². The van der Waals surface area contributed by atoms with E-state index in [9.17, 15) is 36.3 Å². The van der Waals surface area contributed by atoms with Crippen LogP contribution in [0.3, 0.4) is 0 Å². The number of rotatable bonds is 16. The number of esters is 2. The second-order valence-corrected chi connectivity index (χ2v) is 11.1. The highest BCUT2D eigenvalue weighted by Gasteiger charge is 2.33. The van der Waals surface area contributed by atoms with Gasteiger partial charge >= 0.3 is 11.9 Å². The maximum Gasteiger partial charge on any atom is 0.363 e. The number of carbonyl (C=O) groups is 3. The summed E-state index contributed by atoms with van der Waals surface area (Å²) in [6.07, 6.45) is 4.93. The predicted octanol–water partition coefficient (Wildman–Crippen LogP) is 7.68. The average molecular weight is 621 g/mol. The van der Waals surface area contributed by atoms with Gasteiger partial charge in [-0.3, -0.25) is 9.59 Å². The first-order valence-corrected chi connectivity index (χ1v) is 14.9. The van der Waals surface area contributed by atoms with Gasteiger partial charge in [0.05, 0.1) is 0 Å². The van der Waals surface area contributed by atoms with Crippen molar-refractivity contribution in [2.45, 2.75) is 98.1 Å². The summed E-state index contributed by atoms with van der Waals surface area (Å²) >= 11 is 0.880. The zero-order valence-corrected chi connectivity index (χ0v) is 25.2. The van der Waals surface area contributed by atoms with Crippen LogP contribution in [0.25, 0.3) is 0 Å². The molecule has 2 rings (SSSR count). The first kappa shape index (κ1) is 35.1. The van der Waals surface area contributed by atoms with Crippen LogP contribution in [0.5, 0.6) is 5.75 Å². The van der Waals surface area contributed by atoms with Crippen LogP contribution in [-0.4, -0.2) is 40.3 Å². The number of unbranched alkanes of at least 4 members (excludes halogenated alkanes) is 4. The maximum atomic E-state index is 14.0. The van der Waals surface area contributed by atoms with Crippen molar-refractivity contribution in [3.63, 3.8) is 0 Å². The standard InChI is InChI=1S/C29H37F5N2O5S/c1-6-8-10-11-13-36(21(38)12-9-7-2)19(16(3)4)14-20(40-17(5)37)28-35-18(15-42-28)29(39)41-27-25(33)23(31)22(30)24(32)26(27)34/h15-16,19-20H,6-14H2,1-5H3. The molecule has 2 aromatic rings. The number of hydrogen-bond acceptors (Lipinski definition) is 7. The summed E-state index contributed by atoms with van der Waals surface area (Å²) in [5.74, 6) is -15.5. The van der Waals surface area contributed by atoms with Crippen LogP contribution in [0.2, 0.25) is 0 Å². The third-order valence-corrected chi connectivity index (χ3v) is 7.56. The Balaban J connectivity index is 2.35. The molecule has 0 aliphatic heterocycles. The molecule has 13 heteroatoms. The van der Waals surface area contributed by atoms with Crippen LogP contribution in [-0.2, 0) is 14.3 Å². The molecule has 0 fully saturated rings. The number of carbonyl (C=O) groups excluding carboxylic acids is 3. The van der Waals surface area contributed by atoms with Crippen LogP contribution < -0.4 is 4.74 Å². The summed E-state index contributed by atoms with van der Waals surface area (Å²) in [4.78, 5) is 43.7. The van der Waals surface area contributed by atoms with E-state index in [0.29, 0.717) is 13.0 Å². The molecule has 0 radical (unpaired) electrons. The van der Waals surface area contributed by atoms with Crippen LogP contribution >= 0.6 is 11.3 Å². The molecule has 0 spiro atoms. The minimum absolute atomic E-state index is 0.0140. The number of hydrogen-bond donors (Lipinski definition) is 0. The van der Waals surface area contributed by atoms with Crippen molar-refractivity contribution in [1.82, 2.24) is 9.88 Å². The van der Waals surface area contributed by atoms with Gasteiger partial charge in [-0.2, -0.15) is 8.78 Å². The third kappa shape index (κ3) is 9.20. The van der Waals surface area contributed by atoms with Gasteiger partial charge < -0.3 is 14.4 Å². The number of benzene rings is 1. The molecular weight excluding hydrogens is 583 g/mol. The lowest BCUT2D eigenvalue weighted by Gasteiger charge is -2.36. The molecule has 7 nitrogen and oxygen atoms in total. The molecule has 2 atom stereocenters. The number of thiazole rings is 1. The maximum absolute atomic E-state index is 14.0. The van der Waals surface area contributed by atoms with Gasteiger partial charge in [-0.25, -0.2) is 22.9 Å². The summed E-state index contributed by atoms with van der Waals surface area (Å²) < 4.78 is 78.5. The van der Waals surface area contributed by atoms with Crippen LogP contribution in [0.15, 0.2) is 5.38 Å². The van der Waals surface area contributed by atoms with Gasteiger partial charge in [0.15, 0.2) is 11.8 Å². The normalized spacial score (nSPS) is 12.7. The van der Waals surface area contributed by atoms with E-state index in [1.165, 1.54) is 6.92 Å². The molecular formula is C29H37F5N2O5S. The average Bonchev–Trinajstić information content (AvgIpc) is 3.44. The highest BCUT2D eigenvalue weighted by molar-refractivity contribution is 7.09. The lowest BCUT2D eigenvalue weighted by molar-refractivity contribution is -0.148. The first-order chi connectivity index (χ1) is 19.8. The van der Waals surface area contributed by atoms with E-state index >= 15 is 0 Å². The molecule has 1 aromatic carbocycles. The van der Waals surface area contributed by atoms with Gasteiger partial charge in [-0.15, -0.1) is 11.3 Å². The van der Waals surface area contributed by atoms with Gasteiger partial charge in [-0.05, 0) is 18.8 Å². The molecule has 0 saturated heterocycles. The lowest BCUT2D eigenvalue weighted by atomic mass is 9.95. The zero-order valence-electron chi connectivity index (χ0n) is 24.4. The topological polar surface area (TPSA) is 85.8 Å². The van der Waals surface area contributed by atoms with Crippen molar-refractivity contribution in [2.75, 3.05) is 6.54 Å². The number of nitrogens with zero attached hydrogens (tertiary/aromatic N) is 2. The zero-order chi connectivity index (χ0) is 31.6. The van der Waals surface area contributed by atoms with Crippen molar-refractivity contribution < 1.29 is 45.8 Å². The van der Waals surface area contributed by atoms with Crippen molar-refractivity contribution in [3.05, 3.63) is 45.2 Å². The smallest absolute Gasteiger partial charge is 0.363 e. The summed E-state index contributed by atoms with van der Waals surface area (Å²) in [6, 6.07) is -0.354. The highest BCUT2D eigenvalue weighted by Crippen LogP contribution is 2.33. The summed E-state index contributed by atoms with van der Waals surface area (Å²) in [7, 11) is 0. The van der Waals surface area contributed by atoms with Gasteiger partial charge in [0, 0.05) is 37.7 Å². The van der Waals surface area contributed by atoms with Crippen molar-refractivity contribution in [3.8, 4) is 5.75 Å². The minimum Gasteiger partial charge on any atom is -0.455 e. The van der Waals surface area contributed by atoms with Gasteiger partial charge in [0.2, 0.25) is 40.7 Å². The molecule has 0 aliphatic rings. The Labute approximate surface area is 246 Å². The lowest BCUT2D eigenvalue weighted by Crippen LogP contribution is -2.45. The first-order valence-electron chi connectivity index (χ1n) is 14.0. The molecule has 1 amide bonds. The van der Waals surface area contributed by atoms with E-state index in [0.717, 1.165) is 55.2 Å². The number of halogens is 5. The monoisotopic (exact) mass is 620 g/mol. The van der Waals surface area contributed by atoms with E-state index < -0.39 is 58.6 Å². The molecule has 1 aromatic heterocycles. The van der Waals surface area contributed by atoms with Crippen LogP contribution in [0.4, 0.5) is 22.0 Å². The van der Waals surface area contributed by atoms with E-state index in [4.69, 9.17) is 4.74 Å². The molecule has 0 aliphatic carbocycles. The molecule has 2 unspecified atom stereocenters. The predicted molar refractivity (Wildman–Crippen MR) is 146 cm³/mol. The molecule has 0 bridgehead atoms. The minimum atomic E-state index is -2.39. The Morgan fingerprint density at radius 2 is 1.50 bits per heavy atom. The number of ether oxygens (including phenoxy) is 2. The molecule has 0 saturated carbocycles. The molecule has 1 heterocycles. The number of amides is 1. The van der Waals surface area contributed by atoms with Gasteiger partial charge in [0.25, 0.3) is 0 Å². The van der Waals surface area contributed by atoms with Crippen LogP contribution in [0.1, 0.15) is 108 Å². The Morgan fingerprint density at radius 3 is 2.05 bits per heavy atom. The highest BCUT2D eigenvalue weighted by atomic mass is 32.1. The largest absolute Gasteiger partial charge is 0.455 e. The Bertz CT molecular complexity index is 1210. The third-order valence-electron chi connectivity index (χ3n) is 6.62. The van der Waals surface area contributed by atoms with Crippen LogP contribution in [0, 0.1) is 35.0 Å². The fourth-order valence-corrected chi connectivity index (χ4v) is 5.21. The fraction of sp³-hybridized carbons (Fsp3) is 0.586. The van der Waals surface area contributed by atoms with Crippen molar-refractivity contribution >= 4 is 29.2 Å². The summed E-state index contributed by atoms with van der Waals surface area (Å²) in [5, 5.41) is 1.28. The SMILES string of the molecule is CCCCCCN(C(=O)CCCC)C(CC(OC(C)=O)c1nc(C(=O)Oc2c(F)c(F)c(F)c(F)c2F)cs1)C(C)C. The molecule has 0 N–H and O–H groups in total. The second kappa shape index (κ2) is 16.5. The number of aromatic nitrogens is 1. The fourth-order valence-electron chi connectivity index (χ4n) is 4.38. The Hall–Kier alpha value is -3.09. The van der Waals surface area contributed by atoms with E-state index in [2.05, 4.69) is 16.6 Å². The Kier molecular flexibility index (Phi) is 13.8. The van der Waals surface area contributed by atoms with Crippen molar-refractivity contribution in [1.29, 1.82) is 0 Å². The van der Waals surface area contributed by atoms with E-state index in [1.54, 1.807) is 0 Å². The van der Waals surface area contributed by atoms with Gasteiger partial charge in [0.1, 0.15) is 5.01 Å². The van der Waals surface area contributed by atoms with E-state index in [-0.39, 0.29) is 29.3 Å². The van der Waals surface area contributed by atoms with Crippen molar-refractivity contribution in [2.24, 2.45) is 5.92 Å². The molecule has 234 valence electrons. The Morgan fingerprint density at radius 1 is 0.905 bits per heavy atom. The summed E-state index contributed by atoms with van der Waals surface area (Å²) in [5.41, 5.74) is -0.493. The molecule has 42 heavy (non-hydrogen) atoms. The summed E-state index contributed by atoms with van der Waals surface area (Å²) in [6.45, 7) is 9.68.